The van der Waals surface area contributed by atoms with Gasteiger partial charge in [0.15, 0.2) is 0 Å². The molecule has 0 heterocycles. The van der Waals surface area contributed by atoms with Crippen molar-refractivity contribution in [2.24, 2.45) is 5.73 Å². The maximum atomic E-state index is 10.8. The molecule has 4 N–H and O–H groups in total. The lowest BCUT2D eigenvalue weighted by Crippen LogP contribution is -2.32. The van der Waals surface area contributed by atoms with Gasteiger partial charge in [-0.05, 0) is 35.2 Å². The Bertz CT molecular complexity index is 647. The van der Waals surface area contributed by atoms with E-state index in [1.807, 2.05) is 24.3 Å². The average Bonchev–Trinajstić information content (AvgIpc) is 2.48. The van der Waals surface area contributed by atoms with Crippen LogP contribution in [0.3, 0.4) is 0 Å². The van der Waals surface area contributed by atoms with E-state index in [4.69, 9.17) is 15.9 Å². The van der Waals surface area contributed by atoms with Crippen LogP contribution in [0.5, 0.6) is 0 Å². The molecule has 0 aliphatic carbocycles. The number of benzene rings is 2. The molecule has 0 spiro atoms. The summed E-state index contributed by atoms with van der Waals surface area (Å²) in [5, 5.41) is 17.6. The zero-order valence-electron chi connectivity index (χ0n) is 11.2. The van der Waals surface area contributed by atoms with Gasteiger partial charge in [-0.2, -0.15) is 0 Å². The van der Waals surface area contributed by atoms with Crippen LogP contribution in [0.25, 0.3) is 11.1 Å². The Labute approximate surface area is 121 Å². The number of aliphatic carboxylic acids is 1. The molecule has 0 fully saturated rings. The molecule has 21 heavy (non-hydrogen) atoms. The van der Waals surface area contributed by atoms with E-state index in [2.05, 4.69) is 0 Å². The summed E-state index contributed by atoms with van der Waals surface area (Å²) in [4.78, 5) is 21.5. The third-order valence-corrected chi connectivity index (χ3v) is 3.19. The molecule has 5 nitrogen and oxygen atoms in total. The number of hydrogen-bond acceptors (Lipinski definition) is 3. The summed E-state index contributed by atoms with van der Waals surface area (Å²) in [7, 11) is 0. The van der Waals surface area contributed by atoms with Crippen LogP contribution in [-0.2, 0) is 11.2 Å². The second-order valence-electron chi connectivity index (χ2n) is 4.73. The molecule has 5 heteroatoms. The lowest BCUT2D eigenvalue weighted by Gasteiger charge is -2.08. The van der Waals surface area contributed by atoms with Crippen LogP contribution in [0.15, 0.2) is 48.5 Å². The molecule has 2 rings (SSSR count). The van der Waals surface area contributed by atoms with Crippen LogP contribution in [0, 0.1) is 0 Å². The lowest BCUT2D eigenvalue weighted by molar-refractivity contribution is -0.138. The Morgan fingerprint density at radius 3 is 1.81 bits per heavy atom. The molecule has 108 valence electrons. The monoisotopic (exact) mass is 285 g/mol. The van der Waals surface area contributed by atoms with Crippen molar-refractivity contribution in [3.8, 4) is 11.1 Å². The van der Waals surface area contributed by atoms with Crippen molar-refractivity contribution in [3.63, 3.8) is 0 Å². The fourth-order valence-electron chi connectivity index (χ4n) is 1.98. The smallest absolute Gasteiger partial charge is 0.335 e. The van der Waals surface area contributed by atoms with Gasteiger partial charge in [0.25, 0.3) is 0 Å². The summed E-state index contributed by atoms with van der Waals surface area (Å²) in [6.45, 7) is 0. The zero-order chi connectivity index (χ0) is 15.4. The number of rotatable bonds is 5. The van der Waals surface area contributed by atoms with Crippen LogP contribution in [0.1, 0.15) is 15.9 Å². The van der Waals surface area contributed by atoms with Crippen molar-refractivity contribution in [2.45, 2.75) is 12.5 Å². The second-order valence-corrected chi connectivity index (χ2v) is 4.73. The molecule has 0 amide bonds. The van der Waals surface area contributed by atoms with E-state index < -0.39 is 18.0 Å². The standard InChI is InChI=1S/C16H15NO4/c17-14(16(20)21)9-10-1-3-11(4-2-10)12-5-7-13(8-6-12)15(18)19/h1-8,14H,9,17H2,(H,18,19)(H,20,21). The Morgan fingerprint density at radius 2 is 1.38 bits per heavy atom. The first-order valence-corrected chi connectivity index (χ1v) is 6.38. The molecule has 0 aromatic heterocycles. The molecular weight excluding hydrogens is 270 g/mol. The van der Waals surface area contributed by atoms with Gasteiger partial charge in [0.2, 0.25) is 0 Å². The van der Waals surface area contributed by atoms with Crippen LogP contribution in [-0.4, -0.2) is 28.2 Å². The summed E-state index contributed by atoms with van der Waals surface area (Å²) in [6, 6.07) is 13.0. The highest BCUT2D eigenvalue weighted by atomic mass is 16.4. The molecule has 0 saturated heterocycles. The maximum absolute atomic E-state index is 10.8. The fraction of sp³-hybridized carbons (Fsp3) is 0.125. The Balaban J connectivity index is 2.15. The summed E-state index contributed by atoms with van der Waals surface area (Å²) in [6.07, 6.45) is 0.271. The van der Waals surface area contributed by atoms with E-state index >= 15 is 0 Å². The van der Waals surface area contributed by atoms with E-state index in [1.54, 1.807) is 24.3 Å². The van der Waals surface area contributed by atoms with Crippen LogP contribution in [0.2, 0.25) is 0 Å². The van der Waals surface area contributed by atoms with Gasteiger partial charge in [0, 0.05) is 0 Å². The molecule has 2 aromatic rings. The Kier molecular flexibility index (Phi) is 4.35. The van der Waals surface area contributed by atoms with Crippen molar-refractivity contribution in [1.29, 1.82) is 0 Å². The predicted molar refractivity (Wildman–Crippen MR) is 78.2 cm³/mol. The van der Waals surface area contributed by atoms with E-state index in [0.29, 0.717) is 0 Å². The van der Waals surface area contributed by atoms with Crippen molar-refractivity contribution in [2.75, 3.05) is 0 Å². The van der Waals surface area contributed by atoms with Gasteiger partial charge in [-0.1, -0.05) is 36.4 Å². The highest BCUT2D eigenvalue weighted by Gasteiger charge is 2.12. The summed E-state index contributed by atoms with van der Waals surface area (Å²) in [5.41, 5.74) is 8.40. The van der Waals surface area contributed by atoms with E-state index in [0.717, 1.165) is 16.7 Å². The average molecular weight is 285 g/mol. The third-order valence-electron chi connectivity index (χ3n) is 3.19. The molecule has 1 unspecified atom stereocenters. The van der Waals surface area contributed by atoms with E-state index in [9.17, 15) is 9.59 Å². The van der Waals surface area contributed by atoms with Gasteiger partial charge in [-0.15, -0.1) is 0 Å². The number of carbonyl (C=O) groups is 2. The van der Waals surface area contributed by atoms with Crippen LogP contribution < -0.4 is 5.73 Å². The largest absolute Gasteiger partial charge is 0.480 e. The highest BCUT2D eigenvalue weighted by molar-refractivity contribution is 5.88. The predicted octanol–water partition coefficient (Wildman–Crippen LogP) is 2.01. The minimum absolute atomic E-state index is 0.239. The zero-order valence-corrected chi connectivity index (χ0v) is 11.2. The Morgan fingerprint density at radius 1 is 0.905 bits per heavy atom. The first-order valence-electron chi connectivity index (χ1n) is 6.38. The van der Waals surface area contributed by atoms with Gasteiger partial charge in [0.05, 0.1) is 5.56 Å². The molecule has 1 atom stereocenters. The number of aromatic carboxylic acids is 1. The lowest BCUT2D eigenvalue weighted by atomic mass is 10.00. The van der Waals surface area contributed by atoms with Crippen molar-refractivity contribution >= 4 is 11.9 Å². The maximum Gasteiger partial charge on any atom is 0.335 e. The topological polar surface area (TPSA) is 101 Å². The minimum atomic E-state index is -1.02. The van der Waals surface area contributed by atoms with E-state index in [1.165, 1.54) is 0 Å². The molecule has 0 saturated carbocycles. The van der Waals surface area contributed by atoms with Crippen LogP contribution in [0.4, 0.5) is 0 Å². The van der Waals surface area contributed by atoms with Gasteiger partial charge in [0.1, 0.15) is 6.04 Å². The van der Waals surface area contributed by atoms with Crippen LogP contribution >= 0.6 is 0 Å². The third kappa shape index (κ3) is 3.67. The van der Waals surface area contributed by atoms with Gasteiger partial charge < -0.3 is 15.9 Å². The summed E-state index contributed by atoms with van der Waals surface area (Å²) in [5.74, 6) is -1.98. The van der Waals surface area contributed by atoms with Crippen molar-refractivity contribution in [1.82, 2.24) is 0 Å². The number of nitrogens with two attached hydrogens (primary N) is 1. The summed E-state index contributed by atoms with van der Waals surface area (Å²) >= 11 is 0. The van der Waals surface area contributed by atoms with Gasteiger partial charge >= 0.3 is 11.9 Å². The normalized spacial score (nSPS) is 11.9. The summed E-state index contributed by atoms with van der Waals surface area (Å²) < 4.78 is 0. The van der Waals surface area contributed by atoms with Gasteiger partial charge in [-0.3, -0.25) is 4.79 Å². The van der Waals surface area contributed by atoms with Crippen molar-refractivity contribution < 1.29 is 19.8 Å². The van der Waals surface area contributed by atoms with E-state index in [-0.39, 0.29) is 12.0 Å². The molecule has 2 aromatic carbocycles. The SMILES string of the molecule is NC(Cc1ccc(-c2ccc(C(=O)O)cc2)cc1)C(=O)O. The van der Waals surface area contributed by atoms with Gasteiger partial charge in [-0.25, -0.2) is 4.79 Å². The second kappa shape index (κ2) is 6.19. The first kappa shape index (κ1) is 14.7. The highest BCUT2D eigenvalue weighted by Crippen LogP contribution is 2.20. The molecule has 0 aliphatic heterocycles. The number of carboxylic acids is 2. The minimum Gasteiger partial charge on any atom is -0.480 e. The Hall–Kier alpha value is -2.66. The first-order chi connectivity index (χ1) is 9.97. The number of carboxylic acid groups (broad SMARTS) is 2. The molecule has 0 radical (unpaired) electrons. The quantitative estimate of drug-likeness (QED) is 0.780. The molecule has 0 bridgehead atoms. The fourth-order valence-corrected chi connectivity index (χ4v) is 1.98. The van der Waals surface area contributed by atoms with Crippen molar-refractivity contribution in [3.05, 3.63) is 59.7 Å². The molecule has 0 aliphatic rings. The number of hydrogen-bond donors (Lipinski definition) is 3. The molecular formula is C16H15NO4.